The number of carbonyl (C=O) groups is 1. The van der Waals surface area contributed by atoms with Gasteiger partial charge in [-0.3, -0.25) is 4.79 Å². The molecule has 0 amide bonds. The largest absolute Gasteiger partial charge is 0.378 e. The van der Waals surface area contributed by atoms with Crippen molar-refractivity contribution in [3.8, 4) is 0 Å². The van der Waals surface area contributed by atoms with Crippen LogP contribution in [0.4, 0.5) is 0 Å². The zero-order valence-corrected chi connectivity index (χ0v) is 12.9. The van der Waals surface area contributed by atoms with Crippen LogP contribution in [0.1, 0.15) is 51.4 Å². The average molecular weight is 289 g/mol. The van der Waals surface area contributed by atoms with Crippen molar-refractivity contribution in [2.24, 2.45) is 29.1 Å². The molecule has 2 unspecified atom stereocenters. The van der Waals surface area contributed by atoms with Gasteiger partial charge in [-0.25, -0.2) is 0 Å². The first-order chi connectivity index (χ1) is 10.2. The lowest BCUT2D eigenvalue weighted by molar-refractivity contribution is -0.151. The molecule has 0 aromatic heterocycles. The molecule has 116 valence electrons. The number of Topliss-reactive ketones (excluding diaryl/α,β-unsaturated/α-hetero) is 1. The number of morpholine rings is 1. The van der Waals surface area contributed by atoms with E-state index in [-0.39, 0.29) is 5.41 Å². The van der Waals surface area contributed by atoms with Crippen molar-refractivity contribution >= 4 is 5.78 Å². The Morgan fingerprint density at radius 2 is 1.38 bits per heavy atom. The van der Waals surface area contributed by atoms with Crippen LogP contribution in [0, 0.1) is 29.1 Å². The quantitative estimate of drug-likeness (QED) is 0.849. The van der Waals surface area contributed by atoms with E-state index in [0.29, 0.717) is 23.8 Å². The monoisotopic (exact) mass is 289 g/mol. The Bertz CT molecular complexity index is 413. The number of hydrogen-bond acceptors (Lipinski definition) is 3. The summed E-state index contributed by atoms with van der Waals surface area (Å²) in [6, 6.07) is 0.862. The van der Waals surface area contributed by atoms with E-state index in [4.69, 9.17) is 4.74 Å². The molecule has 1 N–H and O–H groups in total. The number of piperidine rings is 1. The van der Waals surface area contributed by atoms with Crippen LogP contribution in [0.15, 0.2) is 0 Å². The van der Waals surface area contributed by atoms with E-state index in [2.05, 4.69) is 5.32 Å². The molecule has 0 aromatic carbocycles. The number of ketones is 1. The van der Waals surface area contributed by atoms with Gasteiger partial charge in [0.2, 0.25) is 0 Å². The Labute approximate surface area is 127 Å². The van der Waals surface area contributed by atoms with Crippen molar-refractivity contribution in [2.45, 2.75) is 63.5 Å². The smallest absolute Gasteiger partial charge is 0.142 e. The van der Waals surface area contributed by atoms with Crippen LogP contribution in [0.25, 0.3) is 0 Å². The highest BCUT2D eigenvalue weighted by Crippen LogP contribution is 2.61. The number of hydrogen-bond donors (Lipinski definition) is 1. The zero-order valence-electron chi connectivity index (χ0n) is 12.9. The van der Waals surface area contributed by atoms with Crippen LogP contribution in [-0.2, 0) is 9.53 Å². The SMILES string of the molecule is O=C(C1CC2COCC(C1)N2)C12CC3CC(CC(C3)C1)C2. The van der Waals surface area contributed by atoms with Crippen molar-refractivity contribution in [3.63, 3.8) is 0 Å². The maximum Gasteiger partial charge on any atom is 0.142 e. The summed E-state index contributed by atoms with van der Waals surface area (Å²) in [4.78, 5) is 13.4. The molecule has 0 radical (unpaired) electrons. The molecule has 2 aliphatic heterocycles. The second-order valence-electron chi connectivity index (χ2n) is 8.83. The third kappa shape index (κ3) is 2.03. The van der Waals surface area contributed by atoms with Gasteiger partial charge in [-0.05, 0) is 69.1 Å². The molecule has 4 aliphatic carbocycles. The number of ether oxygens (including phenoxy) is 1. The number of nitrogens with one attached hydrogen (secondary N) is 1. The van der Waals surface area contributed by atoms with E-state index >= 15 is 0 Å². The van der Waals surface area contributed by atoms with Crippen LogP contribution in [0.2, 0.25) is 0 Å². The molecule has 3 heteroatoms. The molecule has 6 aliphatic rings. The number of rotatable bonds is 2. The molecule has 2 saturated heterocycles. The van der Waals surface area contributed by atoms with E-state index in [9.17, 15) is 4.79 Å². The highest BCUT2D eigenvalue weighted by atomic mass is 16.5. The molecule has 6 rings (SSSR count). The minimum absolute atomic E-state index is 0.103. The van der Waals surface area contributed by atoms with Crippen molar-refractivity contribution in [2.75, 3.05) is 13.2 Å². The summed E-state index contributed by atoms with van der Waals surface area (Å²) in [6.07, 6.45) is 10.0. The molecule has 2 atom stereocenters. The number of carbonyl (C=O) groups excluding carboxylic acids is 1. The fourth-order valence-electron chi connectivity index (χ4n) is 6.90. The second kappa shape index (κ2) is 4.55. The molecule has 0 aromatic rings. The lowest BCUT2D eigenvalue weighted by Gasteiger charge is -2.57. The summed E-state index contributed by atoms with van der Waals surface area (Å²) in [5.41, 5.74) is 0.103. The Morgan fingerprint density at radius 3 is 1.90 bits per heavy atom. The molecule has 6 fully saturated rings. The molecular formula is C18H27NO2. The van der Waals surface area contributed by atoms with E-state index < -0.39 is 0 Å². The van der Waals surface area contributed by atoms with Gasteiger partial charge in [0.15, 0.2) is 0 Å². The van der Waals surface area contributed by atoms with E-state index in [0.717, 1.165) is 43.8 Å². The van der Waals surface area contributed by atoms with Gasteiger partial charge in [-0.1, -0.05) is 0 Å². The van der Waals surface area contributed by atoms with Gasteiger partial charge in [0.25, 0.3) is 0 Å². The Hall–Kier alpha value is -0.410. The Balaban J connectivity index is 1.38. The highest BCUT2D eigenvalue weighted by molar-refractivity contribution is 5.87. The van der Waals surface area contributed by atoms with Crippen LogP contribution < -0.4 is 5.32 Å². The minimum Gasteiger partial charge on any atom is -0.378 e. The van der Waals surface area contributed by atoms with Crippen LogP contribution in [-0.4, -0.2) is 31.1 Å². The van der Waals surface area contributed by atoms with Crippen LogP contribution >= 0.6 is 0 Å². The first-order valence-electron chi connectivity index (χ1n) is 9.08. The summed E-state index contributed by atoms with van der Waals surface area (Å²) in [5.74, 6) is 3.63. The van der Waals surface area contributed by atoms with Gasteiger partial charge in [-0.15, -0.1) is 0 Å². The third-order valence-corrected chi connectivity index (χ3v) is 7.18. The van der Waals surface area contributed by atoms with Crippen molar-refractivity contribution in [3.05, 3.63) is 0 Å². The van der Waals surface area contributed by atoms with Gasteiger partial charge < -0.3 is 10.1 Å². The van der Waals surface area contributed by atoms with Crippen LogP contribution in [0.3, 0.4) is 0 Å². The highest BCUT2D eigenvalue weighted by Gasteiger charge is 2.56. The fraction of sp³-hybridized carbons (Fsp3) is 0.944. The van der Waals surface area contributed by atoms with Crippen molar-refractivity contribution in [1.29, 1.82) is 0 Å². The lowest BCUT2D eigenvalue weighted by atomic mass is 9.47. The summed E-state index contributed by atoms with van der Waals surface area (Å²) in [6.45, 7) is 1.61. The van der Waals surface area contributed by atoms with Gasteiger partial charge in [-0.2, -0.15) is 0 Å². The molecule has 0 spiro atoms. The first-order valence-corrected chi connectivity index (χ1v) is 9.08. The standard InChI is InChI=1S/C18H27NO2/c20-17(14-4-15-9-21-10-16(5-14)19-15)18-6-11-1-12(7-18)3-13(2-11)8-18/h11-16,19H,1-10H2. The minimum atomic E-state index is 0.103. The molecule has 2 heterocycles. The van der Waals surface area contributed by atoms with E-state index in [1.807, 2.05) is 0 Å². The second-order valence-corrected chi connectivity index (χ2v) is 8.83. The zero-order chi connectivity index (χ0) is 14.0. The topological polar surface area (TPSA) is 38.3 Å². The van der Waals surface area contributed by atoms with E-state index in [1.54, 1.807) is 0 Å². The Morgan fingerprint density at radius 1 is 0.857 bits per heavy atom. The molecular weight excluding hydrogens is 262 g/mol. The van der Waals surface area contributed by atoms with E-state index in [1.165, 1.54) is 38.5 Å². The summed E-state index contributed by atoms with van der Waals surface area (Å²) in [5, 5.41) is 3.63. The maximum absolute atomic E-state index is 13.4. The molecule has 21 heavy (non-hydrogen) atoms. The lowest BCUT2D eigenvalue weighted by Crippen LogP contribution is -2.58. The van der Waals surface area contributed by atoms with Gasteiger partial charge in [0, 0.05) is 23.4 Å². The van der Waals surface area contributed by atoms with Gasteiger partial charge in [0.05, 0.1) is 13.2 Å². The normalized spacial score (nSPS) is 54.7. The van der Waals surface area contributed by atoms with Crippen molar-refractivity contribution < 1.29 is 9.53 Å². The predicted octanol–water partition coefficient (Wildman–Crippen LogP) is 2.54. The third-order valence-electron chi connectivity index (χ3n) is 7.18. The summed E-state index contributed by atoms with van der Waals surface area (Å²) < 4.78 is 5.64. The predicted molar refractivity (Wildman–Crippen MR) is 79.9 cm³/mol. The summed E-state index contributed by atoms with van der Waals surface area (Å²) >= 11 is 0. The fourth-order valence-corrected chi connectivity index (χ4v) is 6.90. The van der Waals surface area contributed by atoms with Gasteiger partial charge >= 0.3 is 0 Å². The van der Waals surface area contributed by atoms with Crippen LogP contribution in [0.5, 0.6) is 0 Å². The van der Waals surface area contributed by atoms with Gasteiger partial charge in [0.1, 0.15) is 5.78 Å². The number of fused-ring (bicyclic) bond motifs is 2. The Kier molecular flexibility index (Phi) is 2.83. The summed E-state index contributed by atoms with van der Waals surface area (Å²) in [7, 11) is 0. The van der Waals surface area contributed by atoms with Crippen molar-refractivity contribution in [1.82, 2.24) is 5.32 Å². The first kappa shape index (κ1) is 13.1. The molecule has 3 nitrogen and oxygen atoms in total. The molecule has 6 bridgehead atoms. The maximum atomic E-state index is 13.4. The molecule has 4 saturated carbocycles. The average Bonchev–Trinajstić information content (AvgIpc) is 2.44.